The third-order valence-corrected chi connectivity index (χ3v) is 5.80. The van der Waals surface area contributed by atoms with Gasteiger partial charge < -0.3 is 20.0 Å². The molecular weight excluding hydrogens is 465 g/mol. The van der Waals surface area contributed by atoms with E-state index in [0.29, 0.717) is 0 Å². The summed E-state index contributed by atoms with van der Waals surface area (Å²) < 4.78 is 73.2. The van der Waals surface area contributed by atoms with Crippen LogP contribution in [0.3, 0.4) is 0 Å². The van der Waals surface area contributed by atoms with Crippen molar-refractivity contribution in [2.45, 2.75) is 50.4 Å². The highest BCUT2D eigenvalue weighted by Gasteiger charge is 2.41. The average molecular weight is 487 g/mol. The van der Waals surface area contributed by atoms with Gasteiger partial charge in [0.1, 0.15) is 0 Å². The summed E-state index contributed by atoms with van der Waals surface area (Å²) in [6.45, 7) is -1.17. The van der Waals surface area contributed by atoms with Gasteiger partial charge in [-0.15, -0.1) is 0 Å². The van der Waals surface area contributed by atoms with Gasteiger partial charge in [0.2, 0.25) is 11.8 Å². The van der Waals surface area contributed by atoms with Gasteiger partial charge in [-0.1, -0.05) is 0 Å². The summed E-state index contributed by atoms with van der Waals surface area (Å²) in [5, 5.41) is 0. The summed E-state index contributed by atoms with van der Waals surface area (Å²) in [6.07, 6.45) is -4.62. The molecule has 184 valence electrons. The fourth-order valence-electron chi connectivity index (χ4n) is 4.16. The molecule has 34 heavy (non-hydrogen) atoms. The molecule has 2 aromatic rings. The fourth-order valence-corrected chi connectivity index (χ4v) is 4.16. The molecule has 2 aliphatic rings. The Morgan fingerprint density at radius 3 is 2.71 bits per heavy atom. The molecule has 0 spiro atoms. The number of alkyl halides is 5. The van der Waals surface area contributed by atoms with Crippen molar-refractivity contribution in [1.29, 1.82) is 0 Å². The normalized spacial score (nSPS) is 19.2. The quantitative estimate of drug-likeness (QED) is 0.651. The summed E-state index contributed by atoms with van der Waals surface area (Å²) >= 11 is 0. The molecule has 0 bridgehead atoms. The van der Waals surface area contributed by atoms with E-state index in [9.17, 15) is 31.5 Å². The molecule has 1 fully saturated rings. The number of nitrogens with two attached hydrogens (primary N) is 1. The van der Waals surface area contributed by atoms with E-state index >= 15 is 0 Å². The van der Waals surface area contributed by atoms with E-state index in [1.54, 1.807) is 0 Å². The van der Waals surface area contributed by atoms with E-state index in [-0.39, 0.29) is 61.7 Å². The summed E-state index contributed by atoms with van der Waals surface area (Å²) in [5.74, 6) is -4.12. The van der Waals surface area contributed by atoms with Crippen LogP contribution < -0.4 is 5.73 Å². The van der Waals surface area contributed by atoms with Crippen molar-refractivity contribution in [1.82, 2.24) is 19.8 Å². The lowest BCUT2D eigenvalue weighted by Gasteiger charge is -2.34. The minimum Gasteiger partial charge on any atom is -0.461 e. The fraction of sp³-hybridized carbons (Fsp3) is 0.524. The number of aromatic nitrogens is 2. The van der Waals surface area contributed by atoms with Gasteiger partial charge in [0.05, 0.1) is 25.0 Å². The number of carbonyl (C=O) groups excluding carboxylic acids is 2. The van der Waals surface area contributed by atoms with Gasteiger partial charge in [0, 0.05) is 44.0 Å². The highest BCUT2D eigenvalue weighted by Crippen LogP contribution is 2.35. The number of rotatable bonds is 5. The molecule has 4 rings (SSSR count). The lowest BCUT2D eigenvalue weighted by atomic mass is 10.0. The lowest BCUT2D eigenvalue weighted by Crippen LogP contribution is -2.51. The number of halogens is 5. The third-order valence-electron chi connectivity index (χ3n) is 5.80. The predicted molar refractivity (Wildman–Crippen MR) is 107 cm³/mol. The number of likely N-dealkylation sites (tertiary alicyclic amines) is 1. The molecule has 8 nitrogen and oxygen atoms in total. The van der Waals surface area contributed by atoms with Gasteiger partial charge in [0.25, 0.3) is 5.92 Å². The average Bonchev–Trinajstić information content (AvgIpc) is 3.29. The summed E-state index contributed by atoms with van der Waals surface area (Å²) in [4.78, 5) is 34.8. The summed E-state index contributed by atoms with van der Waals surface area (Å²) in [6, 6.07) is 2.02. The Kier molecular flexibility index (Phi) is 6.32. The lowest BCUT2D eigenvalue weighted by molar-refractivity contribution is -0.148. The number of hydrogen-bond donors (Lipinski definition) is 1. The van der Waals surface area contributed by atoms with Crippen LogP contribution in [-0.4, -0.2) is 63.2 Å². The van der Waals surface area contributed by atoms with Gasteiger partial charge in [-0.3, -0.25) is 9.59 Å². The standard InChI is InChI=1S/C21H22F5N5O3/c22-20(23)5-3-16(32)31(11-20)9-12(27)8-17(33)30-6-4-13-14(10-30)28-19(15-2-1-7-34-15)29-18(13)21(24,25)26/h1-2,7,12H,3-6,8-11,27H2/t12-/m0/s1. The van der Waals surface area contributed by atoms with Crippen molar-refractivity contribution in [2.75, 3.05) is 19.6 Å². The zero-order valence-electron chi connectivity index (χ0n) is 17.9. The Labute approximate surface area is 190 Å². The van der Waals surface area contributed by atoms with Crippen LogP contribution in [0, 0.1) is 0 Å². The largest absolute Gasteiger partial charge is 0.461 e. The molecule has 2 amide bonds. The van der Waals surface area contributed by atoms with E-state index in [1.165, 1.54) is 23.3 Å². The number of fused-ring (bicyclic) bond motifs is 1. The molecule has 0 aromatic carbocycles. The number of carbonyl (C=O) groups is 2. The Morgan fingerprint density at radius 2 is 2.03 bits per heavy atom. The van der Waals surface area contributed by atoms with Crippen LogP contribution in [0.15, 0.2) is 22.8 Å². The Bertz CT molecular complexity index is 1070. The SMILES string of the molecule is N[C@@H](CC(=O)N1CCc2c(nc(-c3ccco3)nc2C(F)(F)F)C1)CN1CC(F)(F)CCC1=O. The van der Waals surface area contributed by atoms with Gasteiger partial charge in [-0.05, 0) is 18.6 Å². The van der Waals surface area contributed by atoms with Crippen LogP contribution in [0.1, 0.15) is 36.2 Å². The maximum atomic E-state index is 13.6. The first-order valence-corrected chi connectivity index (χ1v) is 10.6. The van der Waals surface area contributed by atoms with Crippen molar-refractivity contribution in [3.05, 3.63) is 35.3 Å². The number of amides is 2. The van der Waals surface area contributed by atoms with Crippen LogP contribution in [0.25, 0.3) is 11.6 Å². The van der Waals surface area contributed by atoms with E-state index in [2.05, 4.69) is 9.97 Å². The highest BCUT2D eigenvalue weighted by molar-refractivity contribution is 5.78. The highest BCUT2D eigenvalue weighted by atomic mass is 19.4. The van der Waals surface area contributed by atoms with E-state index < -0.39 is 48.6 Å². The van der Waals surface area contributed by atoms with Gasteiger partial charge in [-0.2, -0.15) is 13.2 Å². The van der Waals surface area contributed by atoms with Gasteiger partial charge in [-0.25, -0.2) is 18.7 Å². The molecule has 0 aliphatic carbocycles. The van der Waals surface area contributed by atoms with Crippen molar-refractivity contribution >= 4 is 11.8 Å². The molecule has 13 heteroatoms. The van der Waals surface area contributed by atoms with Gasteiger partial charge >= 0.3 is 6.18 Å². The second kappa shape index (κ2) is 8.93. The van der Waals surface area contributed by atoms with E-state index in [1.807, 2.05) is 0 Å². The van der Waals surface area contributed by atoms with Crippen LogP contribution in [-0.2, 0) is 28.7 Å². The molecule has 0 radical (unpaired) electrons. The van der Waals surface area contributed by atoms with Crippen molar-refractivity contribution < 1.29 is 36.0 Å². The number of hydrogen-bond acceptors (Lipinski definition) is 6. The molecular formula is C21H22F5N5O3. The maximum absolute atomic E-state index is 13.6. The number of piperidine rings is 1. The summed E-state index contributed by atoms with van der Waals surface area (Å²) in [5.41, 5.74) is 4.84. The first-order valence-electron chi connectivity index (χ1n) is 10.6. The monoisotopic (exact) mass is 487 g/mol. The van der Waals surface area contributed by atoms with Crippen LogP contribution in [0.2, 0.25) is 0 Å². The Balaban J connectivity index is 1.47. The molecule has 2 N–H and O–H groups in total. The maximum Gasteiger partial charge on any atom is 0.433 e. The molecule has 4 heterocycles. The molecule has 2 aliphatic heterocycles. The summed E-state index contributed by atoms with van der Waals surface area (Å²) in [7, 11) is 0. The first-order chi connectivity index (χ1) is 15.9. The predicted octanol–water partition coefficient (Wildman–Crippen LogP) is 2.62. The zero-order chi connectivity index (χ0) is 24.7. The van der Waals surface area contributed by atoms with E-state index in [4.69, 9.17) is 10.2 Å². The minimum absolute atomic E-state index is 0.00813. The Morgan fingerprint density at radius 1 is 1.26 bits per heavy atom. The first kappa shape index (κ1) is 24.0. The molecule has 1 atom stereocenters. The molecule has 0 saturated carbocycles. The third kappa shape index (κ3) is 5.18. The van der Waals surface area contributed by atoms with Gasteiger partial charge in [0.15, 0.2) is 17.3 Å². The zero-order valence-corrected chi connectivity index (χ0v) is 17.9. The topological polar surface area (TPSA) is 106 Å². The van der Waals surface area contributed by atoms with Crippen molar-refractivity contribution in [2.24, 2.45) is 5.73 Å². The smallest absolute Gasteiger partial charge is 0.433 e. The molecule has 2 aromatic heterocycles. The molecule has 1 saturated heterocycles. The van der Waals surface area contributed by atoms with E-state index in [0.717, 1.165) is 4.90 Å². The van der Waals surface area contributed by atoms with Crippen LogP contribution in [0.5, 0.6) is 0 Å². The molecule has 0 unspecified atom stereocenters. The number of furan rings is 1. The van der Waals surface area contributed by atoms with Crippen LogP contribution in [0.4, 0.5) is 22.0 Å². The Hall–Kier alpha value is -3.09. The van der Waals surface area contributed by atoms with Crippen molar-refractivity contribution in [3.8, 4) is 11.6 Å². The van der Waals surface area contributed by atoms with Crippen LogP contribution >= 0.6 is 0 Å². The van der Waals surface area contributed by atoms with Crippen molar-refractivity contribution in [3.63, 3.8) is 0 Å². The number of nitrogens with zero attached hydrogens (tertiary/aromatic N) is 4. The second-order valence-electron chi connectivity index (χ2n) is 8.46. The second-order valence-corrected chi connectivity index (χ2v) is 8.46. The minimum atomic E-state index is -4.72.